The second kappa shape index (κ2) is 6.43. The van der Waals surface area contributed by atoms with Gasteiger partial charge in [0.2, 0.25) is 0 Å². The van der Waals surface area contributed by atoms with E-state index in [-0.39, 0.29) is 17.1 Å². The van der Waals surface area contributed by atoms with Crippen molar-refractivity contribution in [3.05, 3.63) is 69.0 Å². The molecule has 120 valence electrons. The monoisotopic (exact) mass is 317 g/mol. The van der Waals surface area contributed by atoms with Crippen LogP contribution >= 0.6 is 0 Å². The first-order valence-corrected chi connectivity index (χ1v) is 6.84. The molecular formula is C16H16FN3O3. The number of nitro groups is 1. The minimum Gasteiger partial charge on any atom is -0.370 e. The Hall–Kier alpha value is -2.96. The lowest BCUT2D eigenvalue weighted by Crippen LogP contribution is -2.22. The van der Waals surface area contributed by atoms with Gasteiger partial charge in [-0.1, -0.05) is 12.1 Å². The third-order valence-corrected chi connectivity index (χ3v) is 3.52. The van der Waals surface area contributed by atoms with Crippen molar-refractivity contribution in [3.8, 4) is 0 Å². The number of halogens is 1. The Kier molecular flexibility index (Phi) is 4.59. The highest BCUT2D eigenvalue weighted by molar-refractivity contribution is 5.99. The fraction of sp³-hybridized carbons (Fsp3) is 0.188. The fourth-order valence-corrected chi connectivity index (χ4v) is 2.26. The van der Waals surface area contributed by atoms with E-state index in [0.717, 1.165) is 6.07 Å². The zero-order valence-corrected chi connectivity index (χ0v) is 12.7. The van der Waals surface area contributed by atoms with E-state index in [9.17, 15) is 19.3 Å². The van der Waals surface area contributed by atoms with E-state index in [0.29, 0.717) is 23.4 Å². The van der Waals surface area contributed by atoms with Crippen LogP contribution in [0.5, 0.6) is 0 Å². The number of nitro benzene ring substituents is 1. The van der Waals surface area contributed by atoms with Crippen LogP contribution in [0.4, 0.5) is 15.8 Å². The molecular weight excluding hydrogens is 301 g/mol. The van der Waals surface area contributed by atoms with Gasteiger partial charge in [0.1, 0.15) is 5.82 Å². The van der Waals surface area contributed by atoms with E-state index in [2.05, 4.69) is 0 Å². The number of rotatable bonds is 5. The molecule has 1 amide bonds. The molecule has 0 saturated heterocycles. The molecule has 0 aliphatic carbocycles. The third-order valence-electron chi connectivity index (χ3n) is 3.52. The normalized spacial score (nSPS) is 10.4. The van der Waals surface area contributed by atoms with E-state index in [4.69, 9.17) is 5.73 Å². The van der Waals surface area contributed by atoms with Gasteiger partial charge in [-0.05, 0) is 30.2 Å². The van der Waals surface area contributed by atoms with Crippen molar-refractivity contribution in [3.63, 3.8) is 0 Å². The fourth-order valence-electron chi connectivity index (χ4n) is 2.26. The lowest BCUT2D eigenvalue weighted by atomic mass is 10.1. The Balaban J connectivity index is 2.34. The molecule has 0 spiro atoms. The summed E-state index contributed by atoms with van der Waals surface area (Å²) in [5.74, 6) is -1.07. The van der Waals surface area contributed by atoms with E-state index >= 15 is 0 Å². The SMILES string of the molecule is Cc1ccc(CN(C)c2ccc([N+](=O)[O-])cc2C(N)=O)cc1F. The van der Waals surface area contributed by atoms with Crippen LogP contribution in [-0.4, -0.2) is 17.9 Å². The summed E-state index contributed by atoms with van der Waals surface area (Å²) in [7, 11) is 1.70. The summed E-state index contributed by atoms with van der Waals surface area (Å²) in [5, 5.41) is 10.8. The van der Waals surface area contributed by atoms with Gasteiger partial charge >= 0.3 is 0 Å². The summed E-state index contributed by atoms with van der Waals surface area (Å²) >= 11 is 0. The van der Waals surface area contributed by atoms with E-state index in [1.54, 1.807) is 31.0 Å². The number of amides is 1. The molecule has 0 fully saturated rings. The van der Waals surface area contributed by atoms with Gasteiger partial charge in [-0.25, -0.2) is 4.39 Å². The highest BCUT2D eigenvalue weighted by Gasteiger charge is 2.17. The number of aryl methyl sites for hydroxylation is 1. The van der Waals surface area contributed by atoms with Gasteiger partial charge in [0.25, 0.3) is 11.6 Å². The van der Waals surface area contributed by atoms with Gasteiger partial charge in [0, 0.05) is 25.7 Å². The molecule has 0 saturated carbocycles. The molecule has 6 nitrogen and oxygen atoms in total. The van der Waals surface area contributed by atoms with Crippen molar-refractivity contribution in [2.45, 2.75) is 13.5 Å². The Morgan fingerprint density at radius 1 is 1.30 bits per heavy atom. The molecule has 0 aromatic heterocycles. The second-order valence-electron chi connectivity index (χ2n) is 5.26. The second-order valence-corrected chi connectivity index (χ2v) is 5.26. The molecule has 0 bridgehead atoms. The molecule has 2 N–H and O–H groups in total. The molecule has 23 heavy (non-hydrogen) atoms. The lowest BCUT2D eigenvalue weighted by molar-refractivity contribution is -0.384. The number of benzene rings is 2. The first-order valence-electron chi connectivity index (χ1n) is 6.84. The summed E-state index contributed by atoms with van der Waals surface area (Å²) in [4.78, 5) is 23.5. The molecule has 0 heterocycles. The maximum absolute atomic E-state index is 13.6. The minimum atomic E-state index is -0.759. The number of carbonyl (C=O) groups is 1. The topological polar surface area (TPSA) is 89.5 Å². The Morgan fingerprint density at radius 2 is 2.00 bits per heavy atom. The molecule has 0 aliphatic heterocycles. The average Bonchev–Trinajstić information content (AvgIpc) is 2.50. The maximum atomic E-state index is 13.6. The van der Waals surface area contributed by atoms with Gasteiger partial charge in [-0.3, -0.25) is 14.9 Å². The van der Waals surface area contributed by atoms with Crippen LogP contribution in [0.15, 0.2) is 36.4 Å². The lowest BCUT2D eigenvalue weighted by Gasteiger charge is -2.21. The van der Waals surface area contributed by atoms with E-state index in [1.807, 2.05) is 0 Å². The molecule has 0 aliphatic rings. The third kappa shape index (κ3) is 3.63. The largest absolute Gasteiger partial charge is 0.370 e. The highest BCUT2D eigenvalue weighted by Crippen LogP contribution is 2.26. The summed E-state index contributed by atoms with van der Waals surface area (Å²) in [6, 6.07) is 8.77. The smallest absolute Gasteiger partial charge is 0.270 e. The predicted molar refractivity (Wildman–Crippen MR) is 84.9 cm³/mol. The van der Waals surface area contributed by atoms with Gasteiger partial charge < -0.3 is 10.6 Å². The number of anilines is 1. The Labute approximate surface area is 132 Å². The van der Waals surface area contributed by atoms with E-state index < -0.39 is 10.8 Å². The quantitative estimate of drug-likeness (QED) is 0.678. The Morgan fingerprint density at radius 3 is 2.57 bits per heavy atom. The summed E-state index contributed by atoms with van der Waals surface area (Å²) in [5.41, 5.74) is 6.86. The van der Waals surface area contributed by atoms with Crippen molar-refractivity contribution in [1.82, 2.24) is 0 Å². The predicted octanol–water partition coefficient (Wildman–Crippen LogP) is 2.78. The first-order chi connectivity index (χ1) is 10.8. The standard InChI is InChI=1S/C16H16FN3O3/c1-10-3-4-11(7-14(10)17)9-19(2)15-6-5-12(20(22)23)8-13(15)16(18)21/h3-8H,9H2,1-2H3,(H2,18,21). The van der Waals surface area contributed by atoms with E-state index in [1.165, 1.54) is 18.2 Å². The van der Waals surface area contributed by atoms with Gasteiger partial charge in [0.05, 0.1) is 16.2 Å². The maximum Gasteiger partial charge on any atom is 0.270 e. The van der Waals surface area contributed by atoms with Crippen molar-refractivity contribution in [2.75, 3.05) is 11.9 Å². The van der Waals surface area contributed by atoms with Crippen LogP contribution in [-0.2, 0) is 6.54 Å². The van der Waals surface area contributed by atoms with Crippen molar-refractivity contribution < 1.29 is 14.1 Å². The number of primary amides is 1. The zero-order chi connectivity index (χ0) is 17.1. The average molecular weight is 317 g/mol. The van der Waals surface area contributed by atoms with Crippen molar-refractivity contribution >= 4 is 17.3 Å². The number of nitrogens with zero attached hydrogens (tertiary/aromatic N) is 2. The molecule has 2 aromatic rings. The molecule has 2 rings (SSSR count). The number of nitrogens with two attached hydrogens (primary N) is 1. The number of carbonyl (C=O) groups excluding carboxylic acids is 1. The zero-order valence-electron chi connectivity index (χ0n) is 12.7. The van der Waals surface area contributed by atoms with Crippen molar-refractivity contribution in [2.24, 2.45) is 5.73 Å². The van der Waals surface area contributed by atoms with Crippen LogP contribution in [0, 0.1) is 22.9 Å². The summed E-state index contributed by atoms with van der Waals surface area (Å²) in [6.07, 6.45) is 0. The van der Waals surface area contributed by atoms with Gasteiger partial charge in [-0.15, -0.1) is 0 Å². The minimum absolute atomic E-state index is 0.0503. The van der Waals surface area contributed by atoms with Crippen LogP contribution in [0.3, 0.4) is 0 Å². The highest BCUT2D eigenvalue weighted by atomic mass is 19.1. The van der Waals surface area contributed by atoms with Crippen molar-refractivity contribution in [1.29, 1.82) is 0 Å². The van der Waals surface area contributed by atoms with Crippen LogP contribution in [0.1, 0.15) is 21.5 Å². The van der Waals surface area contributed by atoms with Crippen LogP contribution in [0.25, 0.3) is 0 Å². The van der Waals surface area contributed by atoms with Gasteiger partial charge in [0.15, 0.2) is 0 Å². The Bertz CT molecular complexity index is 777. The molecule has 7 heteroatoms. The molecule has 0 unspecified atom stereocenters. The van der Waals surface area contributed by atoms with Crippen LogP contribution in [0.2, 0.25) is 0 Å². The first kappa shape index (κ1) is 16.4. The number of non-ortho nitro benzene ring substituents is 1. The molecule has 2 aromatic carbocycles. The van der Waals surface area contributed by atoms with Gasteiger partial charge in [-0.2, -0.15) is 0 Å². The number of hydrogen-bond acceptors (Lipinski definition) is 4. The molecule has 0 radical (unpaired) electrons. The van der Waals surface area contributed by atoms with Crippen LogP contribution < -0.4 is 10.6 Å². The summed E-state index contributed by atoms with van der Waals surface area (Å²) in [6.45, 7) is 2.00. The number of hydrogen-bond donors (Lipinski definition) is 1. The molecule has 0 atom stereocenters. The summed E-state index contributed by atoms with van der Waals surface area (Å²) < 4.78 is 13.6.